The number of aromatic nitrogens is 4. The standard InChI is InChI=1S/C16H17N5O2.ClH/c1-22-15-9-13(10-17-16-18-20-21-19-16)7-8-14(15)23-11-12-5-3-2-4-6-12;/h2-9H,10-11H2,1H3,(H2,17,18,19,20,21);1H. The molecule has 0 fully saturated rings. The molecule has 0 spiro atoms. The molecule has 3 aromatic rings. The summed E-state index contributed by atoms with van der Waals surface area (Å²) in [5.74, 6) is 1.85. The number of H-pyrrole nitrogens is 1. The lowest BCUT2D eigenvalue weighted by molar-refractivity contribution is 0.284. The number of nitrogens with one attached hydrogen (secondary N) is 2. The van der Waals surface area contributed by atoms with E-state index in [-0.39, 0.29) is 12.4 Å². The summed E-state index contributed by atoms with van der Waals surface area (Å²) in [4.78, 5) is 0. The highest BCUT2D eigenvalue weighted by Gasteiger charge is 2.07. The van der Waals surface area contributed by atoms with Crippen molar-refractivity contribution in [2.24, 2.45) is 0 Å². The van der Waals surface area contributed by atoms with Crippen molar-refractivity contribution in [2.45, 2.75) is 13.2 Å². The number of hydrogen-bond acceptors (Lipinski definition) is 6. The summed E-state index contributed by atoms with van der Waals surface area (Å²) in [7, 11) is 1.63. The maximum absolute atomic E-state index is 5.83. The Bertz CT molecular complexity index is 737. The smallest absolute Gasteiger partial charge is 0.263 e. The zero-order valence-electron chi connectivity index (χ0n) is 13.1. The van der Waals surface area contributed by atoms with Crippen molar-refractivity contribution in [3.05, 3.63) is 59.7 Å². The topological polar surface area (TPSA) is 85.0 Å². The molecule has 2 N–H and O–H groups in total. The third-order valence-electron chi connectivity index (χ3n) is 3.26. The monoisotopic (exact) mass is 347 g/mol. The van der Waals surface area contributed by atoms with Crippen LogP contribution in [0.5, 0.6) is 11.5 Å². The minimum Gasteiger partial charge on any atom is -0.493 e. The molecule has 0 saturated carbocycles. The van der Waals surface area contributed by atoms with E-state index in [1.807, 2.05) is 48.5 Å². The first-order valence-electron chi connectivity index (χ1n) is 7.16. The fourth-order valence-corrected chi connectivity index (χ4v) is 2.09. The molecule has 1 aromatic heterocycles. The fraction of sp³-hybridized carbons (Fsp3) is 0.188. The van der Waals surface area contributed by atoms with E-state index < -0.39 is 0 Å². The maximum Gasteiger partial charge on any atom is 0.263 e. The average molecular weight is 348 g/mol. The Hall–Kier alpha value is -2.80. The van der Waals surface area contributed by atoms with Crippen molar-refractivity contribution in [3.63, 3.8) is 0 Å². The van der Waals surface area contributed by atoms with Gasteiger partial charge in [0.1, 0.15) is 6.61 Å². The molecule has 0 radical (unpaired) electrons. The first kappa shape index (κ1) is 17.6. The van der Waals surface area contributed by atoms with Gasteiger partial charge in [-0.1, -0.05) is 41.5 Å². The Morgan fingerprint density at radius 3 is 2.58 bits per heavy atom. The Morgan fingerprint density at radius 1 is 1.04 bits per heavy atom. The van der Waals surface area contributed by atoms with Gasteiger partial charge < -0.3 is 14.8 Å². The molecule has 0 aliphatic rings. The van der Waals surface area contributed by atoms with Crippen molar-refractivity contribution in [1.29, 1.82) is 0 Å². The highest BCUT2D eigenvalue weighted by Crippen LogP contribution is 2.29. The zero-order valence-corrected chi connectivity index (χ0v) is 13.9. The van der Waals surface area contributed by atoms with E-state index in [2.05, 4.69) is 25.9 Å². The predicted molar refractivity (Wildman–Crippen MR) is 92.5 cm³/mol. The molecule has 0 aliphatic carbocycles. The van der Waals surface area contributed by atoms with Gasteiger partial charge >= 0.3 is 0 Å². The normalized spacial score (nSPS) is 9.88. The van der Waals surface area contributed by atoms with E-state index in [1.165, 1.54) is 0 Å². The molecule has 7 nitrogen and oxygen atoms in total. The highest BCUT2D eigenvalue weighted by atomic mass is 35.5. The Kier molecular flexibility index (Phi) is 6.39. The molecule has 2 aromatic carbocycles. The van der Waals surface area contributed by atoms with Crippen molar-refractivity contribution in [3.8, 4) is 11.5 Å². The Morgan fingerprint density at radius 2 is 1.88 bits per heavy atom. The van der Waals surface area contributed by atoms with Crippen LogP contribution in [0.4, 0.5) is 5.95 Å². The SMILES string of the molecule is COc1cc(CNc2nn[nH]n2)ccc1OCc1ccccc1.Cl. The summed E-state index contributed by atoms with van der Waals surface area (Å²) >= 11 is 0. The number of nitrogens with zero attached hydrogens (tertiary/aromatic N) is 3. The van der Waals surface area contributed by atoms with Gasteiger partial charge in [-0.2, -0.15) is 5.21 Å². The Balaban J connectivity index is 0.00000208. The van der Waals surface area contributed by atoms with E-state index in [9.17, 15) is 0 Å². The molecule has 0 saturated heterocycles. The van der Waals surface area contributed by atoms with E-state index in [0.29, 0.717) is 30.6 Å². The number of ether oxygens (including phenoxy) is 2. The summed E-state index contributed by atoms with van der Waals surface area (Å²) in [6.45, 7) is 1.06. The van der Waals surface area contributed by atoms with Gasteiger partial charge in [-0.25, -0.2) is 0 Å². The molecule has 0 amide bonds. The molecule has 0 atom stereocenters. The molecule has 8 heteroatoms. The zero-order chi connectivity index (χ0) is 15.9. The van der Waals surface area contributed by atoms with Crippen LogP contribution < -0.4 is 14.8 Å². The molecule has 3 rings (SSSR count). The molecule has 1 heterocycles. The molecule has 126 valence electrons. The molecule has 0 bridgehead atoms. The second-order valence-electron chi connectivity index (χ2n) is 4.85. The van der Waals surface area contributed by atoms with Gasteiger partial charge in [0, 0.05) is 6.54 Å². The van der Waals surface area contributed by atoms with Gasteiger partial charge in [0.15, 0.2) is 11.5 Å². The van der Waals surface area contributed by atoms with Gasteiger partial charge in [0.05, 0.1) is 7.11 Å². The summed E-state index contributed by atoms with van der Waals surface area (Å²) < 4.78 is 11.2. The van der Waals surface area contributed by atoms with Crippen LogP contribution in [0, 0.1) is 0 Å². The van der Waals surface area contributed by atoms with Gasteiger partial charge in [-0.15, -0.1) is 17.5 Å². The van der Waals surface area contributed by atoms with Crippen molar-refractivity contribution >= 4 is 18.4 Å². The number of benzene rings is 2. The minimum absolute atomic E-state index is 0. The Labute approximate surface area is 145 Å². The lowest BCUT2D eigenvalue weighted by Crippen LogP contribution is -2.03. The number of methoxy groups -OCH3 is 1. The van der Waals surface area contributed by atoms with E-state index in [1.54, 1.807) is 7.11 Å². The number of anilines is 1. The molecular formula is C16H18ClN5O2. The van der Waals surface area contributed by atoms with E-state index >= 15 is 0 Å². The third kappa shape index (κ3) is 4.60. The lowest BCUT2D eigenvalue weighted by Gasteiger charge is -2.12. The van der Waals surface area contributed by atoms with E-state index in [4.69, 9.17) is 9.47 Å². The van der Waals surface area contributed by atoms with Crippen molar-refractivity contribution < 1.29 is 9.47 Å². The van der Waals surface area contributed by atoms with Gasteiger partial charge in [-0.3, -0.25) is 0 Å². The maximum atomic E-state index is 5.83. The van der Waals surface area contributed by atoms with Crippen molar-refractivity contribution in [2.75, 3.05) is 12.4 Å². The van der Waals surface area contributed by atoms with Crippen LogP contribution in [-0.2, 0) is 13.2 Å². The predicted octanol–water partition coefficient (Wildman–Crippen LogP) is 2.82. The number of aromatic amines is 1. The molecule has 0 unspecified atom stereocenters. The van der Waals surface area contributed by atoms with Crippen LogP contribution >= 0.6 is 12.4 Å². The summed E-state index contributed by atoms with van der Waals surface area (Å²) in [6.07, 6.45) is 0. The van der Waals surface area contributed by atoms with Crippen LogP contribution in [0.15, 0.2) is 48.5 Å². The van der Waals surface area contributed by atoms with Crippen LogP contribution in [0.2, 0.25) is 0 Å². The number of rotatable bonds is 7. The van der Waals surface area contributed by atoms with Crippen LogP contribution in [0.25, 0.3) is 0 Å². The quantitative estimate of drug-likeness (QED) is 0.683. The summed E-state index contributed by atoms with van der Waals surface area (Å²) in [5.41, 5.74) is 2.14. The van der Waals surface area contributed by atoms with Crippen LogP contribution in [-0.4, -0.2) is 27.7 Å². The number of tetrazole rings is 1. The largest absolute Gasteiger partial charge is 0.493 e. The number of hydrogen-bond donors (Lipinski definition) is 2. The van der Waals surface area contributed by atoms with Gasteiger partial charge in [0.2, 0.25) is 0 Å². The molecular weight excluding hydrogens is 330 g/mol. The minimum atomic E-state index is 0. The second kappa shape index (κ2) is 8.73. The highest BCUT2D eigenvalue weighted by molar-refractivity contribution is 5.85. The molecule has 24 heavy (non-hydrogen) atoms. The second-order valence-corrected chi connectivity index (χ2v) is 4.85. The lowest BCUT2D eigenvalue weighted by atomic mass is 10.2. The number of halogens is 1. The van der Waals surface area contributed by atoms with Crippen molar-refractivity contribution in [1.82, 2.24) is 20.6 Å². The van der Waals surface area contributed by atoms with Gasteiger partial charge in [-0.05, 0) is 28.5 Å². The van der Waals surface area contributed by atoms with Gasteiger partial charge in [0.25, 0.3) is 5.95 Å². The van der Waals surface area contributed by atoms with Crippen LogP contribution in [0.1, 0.15) is 11.1 Å². The summed E-state index contributed by atoms with van der Waals surface area (Å²) in [5, 5.41) is 16.6. The molecule has 0 aliphatic heterocycles. The third-order valence-corrected chi connectivity index (χ3v) is 3.26. The summed E-state index contributed by atoms with van der Waals surface area (Å²) in [6, 6.07) is 15.8. The average Bonchev–Trinajstić information content (AvgIpc) is 3.13. The van der Waals surface area contributed by atoms with E-state index in [0.717, 1.165) is 11.1 Å². The van der Waals surface area contributed by atoms with Crippen LogP contribution in [0.3, 0.4) is 0 Å². The first-order valence-corrected chi connectivity index (χ1v) is 7.16. The first-order chi connectivity index (χ1) is 11.3. The fourth-order valence-electron chi connectivity index (χ4n) is 2.09.